The third-order valence-electron chi connectivity index (χ3n) is 2.14. The van der Waals surface area contributed by atoms with Crippen molar-refractivity contribution in [1.29, 1.82) is 0 Å². The minimum absolute atomic E-state index is 0.0332. The molecule has 1 N–H and O–H groups in total. The number of benzene rings is 1. The van der Waals surface area contributed by atoms with Gasteiger partial charge in [0.2, 0.25) is 0 Å². The number of nitrogens with zero attached hydrogens (tertiary/aromatic N) is 1. The number of nitrogens with one attached hydrogen (secondary N) is 1. The summed E-state index contributed by atoms with van der Waals surface area (Å²) in [5, 5.41) is 2.52. The van der Waals surface area contributed by atoms with E-state index < -0.39 is 11.7 Å². The second-order valence-corrected chi connectivity index (χ2v) is 5.27. The average Bonchev–Trinajstić information content (AvgIpc) is 2.35. The Balaban J connectivity index is 2.21. The minimum atomic E-state index is -0.576. The molecule has 1 aromatic carbocycles. The maximum atomic E-state index is 13.5. The zero-order chi connectivity index (χ0) is 13.1. The number of hydrogen-bond donors (Lipinski definition) is 1. The molecular formula is C12H7Br2FN2O. The van der Waals surface area contributed by atoms with Crippen LogP contribution < -0.4 is 5.32 Å². The van der Waals surface area contributed by atoms with Gasteiger partial charge < -0.3 is 5.32 Å². The fourth-order valence-electron chi connectivity index (χ4n) is 1.30. The SMILES string of the molecule is O=C(Nc1ccc(Br)cn1)c1cc(Br)ccc1F. The number of rotatable bonds is 2. The molecule has 1 heterocycles. The van der Waals surface area contributed by atoms with Crippen molar-refractivity contribution >= 4 is 43.6 Å². The number of carbonyl (C=O) groups excluding carboxylic acids is 1. The van der Waals surface area contributed by atoms with E-state index in [0.717, 1.165) is 4.47 Å². The molecule has 0 atom stereocenters. The van der Waals surface area contributed by atoms with E-state index >= 15 is 0 Å². The first-order valence-corrected chi connectivity index (χ1v) is 6.53. The van der Waals surface area contributed by atoms with Crippen LogP contribution in [-0.4, -0.2) is 10.9 Å². The molecule has 2 rings (SSSR count). The molecule has 18 heavy (non-hydrogen) atoms. The highest BCUT2D eigenvalue weighted by Crippen LogP contribution is 2.17. The number of carbonyl (C=O) groups is 1. The highest BCUT2D eigenvalue weighted by Gasteiger charge is 2.12. The average molecular weight is 374 g/mol. The number of anilines is 1. The van der Waals surface area contributed by atoms with Crippen LogP contribution >= 0.6 is 31.9 Å². The van der Waals surface area contributed by atoms with Crippen LogP contribution in [0.25, 0.3) is 0 Å². The Morgan fingerprint density at radius 3 is 2.56 bits per heavy atom. The highest BCUT2D eigenvalue weighted by molar-refractivity contribution is 9.10. The molecule has 0 aliphatic rings. The molecule has 1 amide bonds. The maximum absolute atomic E-state index is 13.5. The number of halogens is 3. The molecule has 0 bridgehead atoms. The highest BCUT2D eigenvalue weighted by atomic mass is 79.9. The van der Waals surface area contributed by atoms with E-state index in [0.29, 0.717) is 10.3 Å². The molecule has 0 radical (unpaired) electrons. The van der Waals surface area contributed by atoms with Crippen molar-refractivity contribution < 1.29 is 9.18 Å². The summed E-state index contributed by atoms with van der Waals surface area (Å²) in [6, 6.07) is 7.54. The van der Waals surface area contributed by atoms with Gasteiger partial charge in [-0.1, -0.05) is 15.9 Å². The van der Waals surface area contributed by atoms with Gasteiger partial charge in [0.25, 0.3) is 5.91 Å². The molecule has 92 valence electrons. The van der Waals surface area contributed by atoms with Crippen LogP contribution in [0.2, 0.25) is 0 Å². The van der Waals surface area contributed by atoms with E-state index in [4.69, 9.17) is 0 Å². The second-order valence-electron chi connectivity index (χ2n) is 3.44. The first-order valence-electron chi connectivity index (χ1n) is 4.94. The fourth-order valence-corrected chi connectivity index (χ4v) is 1.90. The summed E-state index contributed by atoms with van der Waals surface area (Å²) in [6.07, 6.45) is 1.55. The third kappa shape index (κ3) is 3.14. The first-order chi connectivity index (χ1) is 8.56. The summed E-state index contributed by atoms with van der Waals surface area (Å²) < 4.78 is 14.9. The van der Waals surface area contributed by atoms with E-state index in [2.05, 4.69) is 42.2 Å². The topological polar surface area (TPSA) is 42.0 Å². The molecule has 3 nitrogen and oxygen atoms in total. The lowest BCUT2D eigenvalue weighted by molar-refractivity contribution is 0.102. The van der Waals surface area contributed by atoms with Crippen molar-refractivity contribution in [3.05, 3.63) is 56.9 Å². The maximum Gasteiger partial charge on any atom is 0.259 e. The molecule has 0 unspecified atom stereocenters. The molecular weight excluding hydrogens is 367 g/mol. The lowest BCUT2D eigenvalue weighted by Gasteiger charge is -2.05. The van der Waals surface area contributed by atoms with Gasteiger partial charge >= 0.3 is 0 Å². The minimum Gasteiger partial charge on any atom is -0.306 e. The normalized spacial score (nSPS) is 10.2. The molecule has 0 saturated heterocycles. The van der Waals surface area contributed by atoms with Crippen molar-refractivity contribution in [3.8, 4) is 0 Å². The van der Waals surface area contributed by atoms with Crippen molar-refractivity contribution in [2.75, 3.05) is 5.32 Å². The zero-order valence-electron chi connectivity index (χ0n) is 8.95. The number of hydrogen-bond acceptors (Lipinski definition) is 2. The van der Waals surface area contributed by atoms with Gasteiger partial charge in [0.15, 0.2) is 0 Å². The molecule has 0 aliphatic carbocycles. The van der Waals surface area contributed by atoms with Gasteiger partial charge in [0.1, 0.15) is 11.6 Å². The lowest BCUT2D eigenvalue weighted by atomic mass is 10.2. The van der Waals surface area contributed by atoms with E-state index in [1.807, 2.05) is 0 Å². The van der Waals surface area contributed by atoms with E-state index in [9.17, 15) is 9.18 Å². The summed E-state index contributed by atoms with van der Waals surface area (Å²) in [5.41, 5.74) is -0.0332. The smallest absolute Gasteiger partial charge is 0.259 e. The second kappa shape index (κ2) is 5.58. The predicted molar refractivity (Wildman–Crippen MR) is 74.0 cm³/mol. The molecule has 0 fully saturated rings. The number of amides is 1. The summed E-state index contributed by atoms with van der Waals surface area (Å²) in [5.74, 6) is -0.751. The van der Waals surface area contributed by atoms with E-state index in [1.54, 1.807) is 18.3 Å². The van der Waals surface area contributed by atoms with Gasteiger partial charge in [-0.3, -0.25) is 4.79 Å². The third-order valence-corrected chi connectivity index (χ3v) is 3.10. The van der Waals surface area contributed by atoms with Gasteiger partial charge in [-0.05, 0) is 46.3 Å². The summed E-state index contributed by atoms with van der Waals surface area (Å²) in [4.78, 5) is 15.8. The van der Waals surface area contributed by atoms with Crippen LogP contribution in [0, 0.1) is 5.82 Å². The van der Waals surface area contributed by atoms with E-state index in [-0.39, 0.29) is 5.56 Å². The van der Waals surface area contributed by atoms with Crippen molar-refractivity contribution in [3.63, 3.8) is 0 Å². The van der Waals surface area contributed by atoms with Crippen LogP contribution in [0.4, 0.5) is 10.2 Å². The largest absolute Gasteiger partial charge is 0.306 e. The molecule has 0 aliphatic heterocycles. The Morgan fingerprint density at radius 1 is 1.17 bits per heavy atom. The lowest BCUT2D eigenvalue weighted by Crippen LogP contribution is -2.14. The van der Waals surface area contributed by atoms with Gasteiger partial charge in [-0.2, -0.15) is 0 Å². The van der Waals surface area contributed by atoms with Gasteiger partial charge in [0, 0.05) is 15.1 Å². The zero-order valence-corrected chi connectivity index (χ0v) is 12.1. The van der Waals surface area contributed by atoms with Gasteiger partial charge in [-0.25, -0.2) is 9.37 Å². The Kier molecular flexibility index (Phi) is 4.08. The van der Waals surface area contributed by atoms with Gasteiger partial charge in [0.05, 0.1) is 5.56 Å². The van der Waals surface area contributed by atoms with Crippen LogP contribution in [0.3, 0.4) is 0 Å². The first kappa shape index (κ1) is 13.2. The molecule has 6 heteroatoms. The van der Waals surface area contributed by atoms with E-state index in [1.165, 1.54) is 18.2 Å². The Labute approximate surface area is 120 Å². The van der Waals surface area contributed by atoms with Crippen LogP contribution in [0.1, 0.15) is 10.4 Å². The monoisotopic (exact) mass is 372 g/mol. The quantitative estimate of drug-likeness (QED) is 0.864. The summed E-state index contributed by atoms with van der Waals surface area (Å²) in [6.45, 7) is 0. The molecule has 1 aromatic heterocycles. The van der Waals surface area contributed by atoms with Crippen molar-refractivity contribution in [2.45, 2.75) is 0 Å². The molecule has 2 aromatic rings. The predicted octanol–water partition coefficient (Wildman–Crippen LogP) is 4.00. The summed E-state index contributed by atoms with van der Waals surface area (Å²) in [7, 11) is 0. The Bertz CT molecular complexity index is 587. The standard InChI is InChI=1S/C12H7Br2FN2O/c13-7-1-3-10(15)9(5-7)12(18)17-11-4-2-8(14)6-16-11/h1-6H,(H,16,17,18). The van der Waals surface area contributed by atoms with Gasteiger partial charge in [-0.15, -0.1) is 0 Å². The molecule has 0 saturated carbocycles. The summed E-state index contributed by atoms with van der Waals surface area (Å²) >= 11 is 6.43. The number of aromatic nitrogens is 1. The Hall–Kier alpha value is -1.27. The number of pyridine rings is 1. The van der Waals surface area contributed by atoms with Crippen LogP contribution in [0.5, 0.6) is 0 Å². The van der Waals surface area contributed by atoms with Crippen molar-refractivity contribution in [1.82, 2.24) is 4.98 Å². The molecule has 0 spiro atoms. The Morgan fingerprint density at radius 2 is 1.89 bits per heavy atom. The van der Waals surface area contributed by atoms with Crippen LogP contribution in [-0.2, 0) is 0 Å². The fraction of sp³-hybridized carbons (Fsp3) is 0. The van der Waals surface area contributed by atoms with Crippen molar-refractivity contribution in [2.24, 2.45) is 0 Å². The van der Waals surface area contributed by atoms with Crippen LogP contribution in [0.15, 0.2) is 45.5 Å².